The fourth-order valence-electron chi connectivity index (χ4n) is 4.05. The number of fused-ring (bicyclic) bond motifs is 1. The predicted molar refractivity (Wildman–Crippen MR) is 104 cm³/mol. The molecule has 4 rings (SSSR count). The van der Waals surface area contributed by atoms with Gasteiger partial charge in [-0.2, -0.15) is 5.10 Å². The Morgan fingerprint density at radius 3 is 2.63 bits per heavy atom. The Bertz CT molecular complexity index is 949. The van der Waals surface area contributed by atoms with E-state index in [0.29, 0.717) is 24.1 Å². The van der Waals surface area contributed by atoms with Gasteiger partial charge in [0.15, 0.2) is 0 Å². The van der Waals surface area contributed by atoms with Crippen LogP contribution in [0.4, 0.5) is 0 Å². The molecule has 2 saturated carbocycles. The Balaban J connectivity index is 1.62. The molecule has 2 fully saturated rings. The first kappa shape index (κ1) is 18.2. The molecule has 1 aromatic carbocycles. The van der Waals surface area contributed by atoms with Crippen molar-refractivity contribution in [3.05, 3.63) is 39.8 Å². The van der Waals surface area contributed by atoms with Gasteiger partial charge in [-0.25, -0.2) is 4.68 Å². The van der Waals surface area contributed by atoms with Gasteiger partial charge in [0.2, 0.25) is 5.91 Å². The van der Waals surface area contributed by atoms with Crippen molar-refractivity contribution in [1.82, 2.24) is 15.1 Å². The van der Waals surface area contributed by atoms with Crippen molar-refractivity contribution in [2.75, 3.05) is 0 Å². The summed E-state index contributed by atoms with van der Waals surface area (Å²) in [5, 5.41) is 18.7. The summed E-state index contributed by atoms with van der Waals surface area (Å²) in [5.74, 6) is 0.523. The van der Waals surface area contributed by atoms with Crippen LogP contribution in [0.2, 0.25) is 0 Å². The maximum absolute atomic E-state index is 12.9. The largest absolute Gasteiger partial charge is 0.390 e. The van der Waals surface area contributed by atoms with Crippen molar-refractivity contribution >= 4 is 16.7 Å². The zero-order chi connectivity index (χ0) is 19.3. The Morgan fingerprint density at radius 2 is 2.04 bits per heavy atom. The average molecular weight is 369 g/mol. The van der Waals surface area contributed by atoms with Gasteiger partial charge in [-0.1, -0.05) is 19.9 Å². The van der Waals surface area contributed by atoms with Gasteiger partial charge in [0, 0.05) is 11.4 Å². The third-order valence-corrected chi connectivity index (χ3v) is 5.64. The van der Waals surface area contributed by atoms with Gasteiger partial charge in [-0.3, -0.25) is 9.59 Å². The average Bonchev–Trinajstić information content (AvgIpc) is 3.40. The van der Waals surface area contributed by atoms with E-state index in [1.807, 2.05) is 12.1 Å². The first-order valence-corrected chi connectivity index (χ1v) is 9.80. The van der Waals surface area contributed by atoms with Gasteiger partial charge in [-0.15, -0.1) is 0 Å². The monoisotopic (exact) mass is 369 g/mol. The third-order valence-electron chi connectivity index (χ3n) is 5.64. The highest BCUT2D eigenvalue weighted by Crippen LogP contribution is 2.41. The Labute approximate surface area is 158 Å². The van der Waals surface area contributed by atoms with E-state index in [4.69, 9.17) is 0 Å². The van der Waals surface area contributed by atoms with Crippen LogP contribution in [0.1, 0.15) is 69.5 Å². The summed E-state index contributed by atoms with van der Waals surface area (Å²) in [6.07, 6.45) is 3.50. The van der Waals surface area contributed by atoms with Gasteiger partial charge in [-0.05, 0) is 62.1 Å². The zero-order valence-corrected chi connectivity index (χ0v) is 16.2. The second-order valence-electron chi connectivity index (χ2n) is 8.75. The lowest BCUT2D eigenvalue weighted by atomic mass is 9.77. The van der Waals surface area contributed by atoms with Crippen LogP contribution in [-0.2, 0) is 11.3 Å². The summed E-state index contributed by atoms with van der Waals surface area (Å²) in [4.78, 5) is 25.2. The molecule has 2 aliphatic carbocycles. The summed E-state index contributed by atoms with van der Waals surface area (Å²) in [7, 11) is 0. The van der Waals surface area contributed by atoms with Gasteiger partial charge in [0.25, 0.3) is 5.56 Å². The van der Waals surface area contributed by atoms with Gasteiger partial charge < -0.3 is 10.4 Å². The lowest BCUT2D eigenvalue weighted by molar-refractivity contribution is -0.125. The van der Waals surface area contributed by atoms with E-state index < -0.39 is 5.60 Å². The fraction of sp³-hybridized carbons (Fsp3) is 0.571. The number of nitrogens with zero attached hydrogens (tertiary/aromatic N) is 2. The zero-order valence-electron chi connectivity index (χ0n) is 16.2. The summed E-state index contributed by atoms with van der Waals surface area (Å²) in [5.41, 5.74) is 1.21. The van der Waals surface area contributed by atoms with Crippen LogP contribution in [0, 0.1) is 0 Å². The van der Waals surface area contributed by atoms with E-state index >= 15 is 0 Å². The topological polar surface area (TPSA) is 84.2 Å². The second-order valence-corrected chi connectivity index (χ2v) is 8.75. The molecule has 2 aliphatic rings. The van der Waals surface area contributed by atoms with Crippen molar-refractivity contribution in [2.24, 2.45) is 0 Å². The molecule has 144 valence electrons. The quantitative estimate of drug-likeness (QED) is 0.848. The van der Waals surface area contributed by atoms with Crippen molar-refractivity contribution in [1.29, 1.82) is 0 Å². The molecule has 6 heteroatoms. The molecule has 0 unspecified atom stereocenters. The van der Waals surface area contributed by atoms with Gasteiger partial charge in [0.05, 0.1) is 16.7 Å². The first-order valence-electron chi connectivity index (χ1n) is 9.80. The summed E-state index contributed by atoms with van der Waals surface area (Å²) in [6, 6.07) is 6.00. The number of rotatable bonds is 5. The molecule has 0 aliphatic heterocycles. The molecule has 0 bridgehead atoms. The van der Waals surface area contributed by atoms with E-state index in [2.05, 4.69) is 30.3 Å². The molecule has 0 radical (unpaired) electrons. The van der Waals surface area contributed by atoms with Gasteiger partial charge in [0.1, 0.15) is 6.54 Å². The van der Waals surface area contributed by atoms with Crippen molar-refractivity contribution < 1.29 is 9.90 Å². The summed E-state index contributed by atoms with van der Waals surface area (Å²) < 4.78 is 1.28. The number of aliphatic hydroxyl groups is 1. The minimum absolute atomic E-state index is 0.0330. The van der Waals surface area contributed by atoms with Crippen LogP contribution >= 0.6 is 0 Å². The molecule has 1 heterocycles. The number of nitrogens with one attached hydrogen (secondary N) is 1. The number of carbonyl (C=O) groups is 1. The predicted octanol–water partition coefficient (Wildman–Crippen LogP) is 2.43. The minimum atomic E-state index is -0.694. The first-order chi connectivity index (χ1) is 12.7. The standard InChI is InChI=1S/C21H27N3O3/c1-12(2)19-17-8-14(13-4-5-13)6-7-16(17)20(26)24(23-19)11-18(25)22-15-9-21(3,27)10-15/h6-8,12-13,15,27H,4-5,9-11H2,1-3H3,(H,22,25)/t15-,21+. The molecule has 27 heavy (non-hydrogen) atoms. The molecule has 0 spiro atoms. The molecule has 2 N–H and O–H groups in total. The van der Waals surface area contributed by atoms with Crippen molar-refractivity contribution in [3.8, 4) is 0 Å². The van der Waals surface area contributed by atoms with E-state index in [0.717, 1.165) is 11.1 Å². The number of hydrogen-bond acceptors (Lipinski definition) is 4. The SMILES string of the molecule is CC(C)c1nn(CC(=O)N[C@H]2C[C@@](C)(O)C2)c(=O)c2ccc(C3CC3)cc12. The van der Waals surface area contributed by atoms with E-state index in [9.17, 15) is 14.7 Å². The van der Waals surface area contributed by atoms with Gasteiger partial charge >= 0.3 is 0 Å². The Morgan fingerprint density at radius 1 is 1.33 bits per heavy atom. The molecular formula is C21H27N3O3. The highest BCUT2D eigenvalue weighted by molar-refractivity contribution is 5.85. The maximum atomic E-state index is 12.9. The van der Waals surface area contributed by atoms with Crippen molar-refractivity contribution in [2.45, 2.75) is 76.5 Å². The summed E-state index contributed by atoms with van der Waals surface area (Å²) in [6.45, 7) is 5.77. The Kier molecular flexibility index (Phi) is 4.34. The number of hydrogen-bond donors (Lipinski definition) is 2. The molecule has 0 atom stereocenters. The maximum Gasteiger partial charge on any atom is 0.275 e. The smallest absolute Gasteiger partial charge is 0.275 e. The van der Waals surface area contributed by atoms with E-state index in [-0.39, 0.29) is 30.0 Å². The molecule has 1 amide bonds. The molecule has 2 aromatic rings. The van der Waals surface area contributed by atoms with E-state index in [1.165, 1.54) is 23.1 Å². The lowest BCUT2D eigenvalue weighted by Gasteiger charge is -2.41. The highest BCUT2D eigenvalue weighted by Gasteiger charge is 2.39. The summed E-state index contributed by atoms with van der Waals surface area (Å²) >= 11 is 0. The van der Waals surface area contributed by atoms with Crippen LogP contribution in [0.25, 0.3) is 10.8 Å². The van der Waals surface area contributed by atoms with Crippen molar-refractivity contribution in [3.63, 3.8) is 0 Å². The third kappa shape index (κ3) is 3.63. The molecule has 6 nitrogen and oxygen atoms in total. The van der Waals surface area contributed by atoms with Crippen LogP contribution < -0.4 is 10.9 Å². The Hall–Kier alpha value is -2.21. The second kappa shape index (κ2) is 6.44. The highest BCUT2D eigenvalue weighted by atomic mass is 16.3. The molecule has 1 aromatic heterocycles. The van der Waals surface area contributed by atoms with Crippen LogP contribution in [0.5, 0.6) is 0 Å². The number of carbonyl (C=O) groups excluding carboxylic acids is 1. The van der Waals surface area contributed by atoms with Crippen LogP contribution in [-0.4, -0.2) is 32.4 Å². The van der Waals surface area contributed by atoms with Crippen LogP contribution in [0.3, 0.4) is 0 Å². The lowest BCUT2D eigenvalue weighted by Crippen LogP contribution is -2.54. The molecule has 0 saturated heterocycles. The number of benzene rings is 1. The fourth-order valence-corrected chi connectivity index (χ4v) is 4.05. The minimum Gasteiger partial charge on any atom is -0.390 e. The van der Waals surface area contributed by atoms with Crippen LogP contribution in [0.15, 0.2) is 23.0 Å². The number of amides is 1. The van der Waals surface area contributed by atoms with E-state index in [1.54, 1.807) is 6.92 Å². The normalized spacial score (nSPS) is 24.9. The number of aromatic nitrogens is 2. The molecular weight excluding hydrogens is 342 g/mol.